The van der Waals surface area contributed by atoms with Crippen LogP contribution in [0.15, 0.2) is 52.1 Å². The Morgan fingerprint density at radius 1 is 1.04 bits per heavy atom. The third-order valence-electron chi connectivity index (χ3n) is 4.67. The molecule has 146 valence electrons. The highest BCUT2D eigenvalue weighted by atomic mass is 32.2. The highest BCUT2D eigenvalue weighted by molar-refractivity contribution is 7.99. The van der Waals surface area contributed by atoms with E-state index in [4.69, 9.17) is 4.42 Å². The second-order valence-electron chi connectivity index (χ2n) is 6.62. The van der Waals surface area contributed by atoms with Crippen molar-refractivity contribution < 1.29 is 9.21 Å². The maximum atomic E-state index is 12.5. The fraction of sp³-hybridized carbons (Fsp3) is 0.318. The highest BCUT2D eigenvalue weighted by Crippen LogP contribution is 2.26. The standard InChI is InChI=1S/C22H25N3O2S/c1-5-25(6-2)18-11-9-17(10-12-18)21-23-24-22(27-21)28-14-20(26)19-13-15(3)7-8-16(19)4/h7-13H,5-6,14H2,1-4H3. The summed E-state index contributed by atoms with van der Waals surface area (Å²) in [5.41, 5.74) is 4.85. The molecule has 3 aromatic rings. The second-order valence-corrected chi connectivity index (χ2v) is 7.55. The summed E-state index contributed by atoms with van der Waals surface area (Å²) >= 11 is 1.27. The van der Waals surface area contributed by atoms with Crippen molar-refractivity contribution in [3.05, 3.63) is 59.2 Å². The number of ketones is 1. The molecule has 0 unspecified atom stereocenters. The lowest BCUT2D eigenvalue weighted by molar-refractivity contribution is 0.102. The monoisotopic (exact) mass is 395 g/mol. The van der Waals surface area contributed by atoms with E-state index in [1.807, 2.05) is 44.2 Å². The maximum absolute atomic E-state index is 12.5. The van der Waals surface area contributed by atoms with Gasteiger partial charge in [-0.05, 0) is 63.6 Å². The van der Waals surface area contributed by atoms with E-state index in [0.717, 1.165) is 35.3 Å². The van der Waals surface area contributed by atoms with Gasteiger partial charge in [-0.25, -0.2) is 0 Å². The van der Waals surface area contributed by atoms with Gasteiger partial charge in [-0.2, -0.15) is 0 Å². The van der Waals surface area contributed by atoms with Crippen LogP contribution in [-0.2, 0) is 0 Å². The van der Waals surface area contributed by atoms with Crippen LogP contribution in [0.25, 0.3) is 11.5 Å². The Bertz CT molecular complexity index is 947. The Labute approximate surface area is 170 Å². The van der Waals surface area contributed by atoms with Gasteiger partial charge in [0.2, 0.25) is 5.89 Å². The molecule has 0 atom stereocenters. The van der Waals surface area contributed by atoms with E-state index in [9.17, 15) is 4.79 Å². The van der Waals surface area contributed by atoms with Gasteiger partial charge in [0.15, 0.2) is 5.78 Å². The van der Waals surface area contributed by atoms with E-state index in [1.54, 1.807) is 0 Å². The van der Waals surface area contributed by atoms with Crippen LogP contribution in [0.1, 0.15) is 35.3 Å². The summed E-state index contributed by atoms with van der Waals surface area (Å²) in [5, 5.41) is 8.60. The lowest BCUT2D eigenvalue weighted by Gasteiger charge is -2.20. The SMILES string of the molecule is CCN(CC)c1ccc(-c2nnc(SCC(=O)c3cc(C)ccc3C)o2)cc1. The van der Waals surface area contributed by atoms with Gasteiger partial charge in [0, 0.05) is 29.9 Å². The Morgan fingerprint density at radius 2 is 1.75 bits per heavy atom. The van der Waals surface area contributed by atoms with Crippen LogP contribution in [0.2, 0.25) is 0 Å². The number of Topliss-reactive ketones (excluding diaryl/α,β-unsaturated/α-hetero) is 1. The number of carbonyl (C=O) groups excluding carboxylic acids is 1. The van der Waals surface area contributed by atoms with Gasteiger partial charge in [-0.3, -0.25) is 4.79 Å². The van der Waals surface area contributed by atoms with Gasteiger partial charge in [-0.1, -0.05) is 29.5 Å². The van der Waals surface area contributed by atoms with Crippen LogP contribution in [0.4, 0.5) is 5.69 Å². The van der Waals surface area contributed by atoms with Crippen molar-refractivity contribution in [1.29, 1.82) is 0 Å². The van der Waals surface area contributed by atoms with Crippen molar-refractivity contribution in [1.82, 2.24) is 10.2 Å². The van der Waals surface area contributed by atoms with Crippen LogP contribution < -0.4 is 4.90 Å². The minimum absolute atomic E-state index is 0.0644. The first-order chi connectivity index (χ1) is 13.5. The van der Waals surface area contributed by atoms with E-state index in [2.05, 4.69) is 41.1 Å². The van der Waals surface area contributed by atoms with Crippen molar-refractivity contribution in [2.45, 2.75) is 32.9 Å². The van der Waals surface area contributed by atoms with Gasteiger partial charge < -0.3 is 9.32 Å². The normalized spacial score (nSPS) is 10.9. The van der Waals surface area contributed by atoms with Crippen LogP contribution >= 0.6 is 11.8 Å². The van der Waals surface area contributed by atoms with Crippen LogP contribution in [0.5, 0.6) is 0 Å². The van der Waals surface area contributed by atoms with Crippen LogP contribution in [0, 0.1) is 13.8 Å². The molecule has 5 nitrogen and oxygen atoms in total. The van der Waals surface area contributed by atoms with E-state index in [0.29, 0.717) is 11.1 Å². The Morgan fingerprint density at radius 3 is 2.43 bits per heavy atom. The number of benzene rings is 2. The average Bonchev–Trinajstić information content (AvgIpc) is 3.18. The number of anilines is 1. The van der Waals surface area contributed by atoms with Crippen LogP contribution in [0.3, 0.4) is 0 Å². The van der Waals surface area contributed by atoms with Crippen molar-refractivity contribution in [2.75, 3.05) is 23.7 Å². The summed E-state index contributed by atoms with van der Waals surface area (Å²) < 4.78 is 5.74. The summed E-state index contributed by atoms with van der Waals surface area (Å²) in [6.45, 7) is 10.1. The Kier molecular flexibility index (Phi) is 6.52. The predicted octanol–water partition coefficient (Wildman–Crippen LogP) is 5.17. The lowest BCUT2D eigenvalue weighted by Crippen LogP contribution is -2.21. The van der Waals surface area contributed by atoms with E-state index in [1.165, 1.54) is 17.4 Å². The molecule has 0 aliphatic heterocycles. The molecule has 3 rings (SSSR count). The maximum Gasteiger partial charge on any atom is 0.277 e. The molecule has 1 heterocycles. The number of nitrogens with zero attached hydrogens (tertiary/aromatic N) is 3. The Hall–Kier alpha value is -2.60. The lowest BCUT2D eigenvalue weighted by atomic mass is 10.0. The summed E-state index contributed by atoms with van der Waals surface area (Å²) in [7, 11) is 0. The first-order valence-corrected chi connectivity index (χ1v) is 10.4. The molecule has 0 amide bonds. The van der Waals surface area contributed by atoms with Crippen molar-refractivity contribution >= 4 is 23.2 Å². The van der Waals surface area contributed by atoms with Gasteiger partial charge in [0.1, 0.15) is 0 Å². The summed E-state index contributed by atoms with van der Waals surface area (Å²) in [5.74, 6) is 0.801. The zero-order chi connectivity index (χ0) is 20.1. The van der Waals surface area contributed by atoms with E-state index in [-0.39, 0.29) is 11.5 Å². The zero-order valence-electron chi connectivity index (χ0n) is 16.7. The summed E-state index contributed by atoms with van der Waals surface area (Å²) in [6, 6.07) is 14.0. The number of thioether (sulfide) groups is 1. The van der Waals surface area contributed by atoms with Crippen molar-refractivity contribution in [2.24, 2.45) is 0 Å². The molecule has 0 radical (unpaired) electrons. The number of aryl methyl sites for hydroxylation is 2. The van der Waals surface area contributed by atoms with Crippen molar-refractivity contribution in [3.8, 4) is 11.5 Å². The number of rotatable bonds is 8. The minimum Gasteiger partial charge on any atom is -0.411 e. The molecule has 0 aliphatic rings. The second kappa shape index (κ2) is 9.06. The van der Waals surface area contributed by atoms with Crippen LogP contribution in [-0.4, -0.2) is 34.8 Å². The molecular weight excluding hydrogens is 370 g/mol. The number of hydrogen-bond donors (Lipinski definition) is 0. The van der Waals surface area contributed by atoms with E-state index < -0.39 is 0 Å². The summed E-state index contributed by atoms with van der Waals surface area (Å²) in [6.07, 6.45) is 0. The molecule has 0 saturated heterocycles. The fourth-order valence-corrected chi connectivity index (χ4v) is 3.68. The van der Waals surface area contributed by atoms with Gasteiger partial charge >= 0.3 is 0 Å². The molecule has 1 aromatic heterocycles. The average molecular weight is 396 g/mol. The molecule has 6 heteroatoms. The molecule has 0 bridgehead atoms. The highest BCUT2D eigenvalue weighted by Gasteiger charge is 2.14. The Balaban J connectivity index is 1.65. The first kappa shape index (κ1) is 20.1. The molecule has 28 heavy (non-hydrogen) atoms. The molecule has 0 aliphatic carbocycles. The van der Waals surface area contributed by atoms with E-state index >= 15 is 0 Å². The summed E-state index contributed by atoms with van der Waals surface area (Å²) in [4.78, 5) is 14.8. The third-order valence-corrected chi connectivity index (χ3v) is 5.49. The molecular formula is C22H25N3O2S. The first-order valence-electron chi connectivity index (χ1n) is 9.44. The van der Waals surface area contributed by atoms with Gasteiger partial charge in [0.25, 0.3) is 5.22 Å². The van der Waals surface area contributed by atoms with Gasteiger partial charge in [0.05, 0.1) is 5.75 Å². The number of carbonyl (C=O) groups is 1. The molecule has 0 saturated carbocycles. The number of hydrogen-bond acceptors (Lipinski definition) is 6. The molecule has 2 aromatic carbocycles. The fourth-order valence-electron chi connectivity index (χ4n) is 3.03. The van der Waals surface area contributed by atoms with Crippen molar-refractivity contribution in [3.63, 3.8) is 0 Å². The topological polar surface area (TPSA) is 59.2 Å². The zero-order valence-corrected chi connectivity index (χ0v) is 17.5. The predicted molar refractivity (Wildman–Crippen MR) is 114 cm³/mol. The minimum atomic E-state index is 0.0644. The molecule has 0 spiro atoms. The largest absolute Gasteiger partial charge is 0.411 e. The smallest absolute Gasteiger partial charge is 0.277 e. The quantitative estimate of drug-likeness (QED) is 0.387. The molecule has 0 N–H and O–H groups in total. The number of aromatic nitrogens is 2. The third kappa shape index (κ3) is 4.62. The molecule has 0 fully saturated rings. The van der Waals surface area contributed by atoms with Gasteiger partial charge in [-0.15, -0.1) is 10.2 Å².